The van der Waals surface area contributed by atoms with Crippen molar-refractivity contribution in [2.75, 3.05) is 0 Å². The molecule has 19 heavy (non-hydrogen) atoms. The minimum absolute atomic E-state index is 0.0562. The number of aliphatic hydroxyl groups excluding tert-OH is 1. The third-order valence-corrected chi connectivity index (χ3v) is 3.15. The number of ketones is 1. The fourth-order valence-corrected chi connectivity index (χ4v) is 1.91. The lowest BCUT2D eigenvalue weighted by Crippen LogP contribution is -1.92. The minimum Gasteiger partial charge on any atom is -0.392 e. The van der Waals surface area contributed by atoms with Crippen LogP contribution >= 0.6 is 0 Å². The second-order valence-electron chi connectivity index (χ2n) is 4.86. The Hall–Kier alpha value is -1.41. The smallest absolute Gasteiger partial charge is 0.155 e. The first-order valence-electron chi connectivity index (χ1n) is 7.17. The summed E-state index contributed by atoms with van der Waals surface area (Å²) in [6.45, 7) is 2.25. The van der Waals surface area contributed by atoms with Gasteiger partial charge >= 0.3 is 0 Å². The number of allylic oxidation sites excluding steroid dienone is 1. The second kappa shape index (κ2) is 9.51. The van der Waals surface area contributed by atoms with Crippen LogP contribution in [-0.2, 0) is 11.4 Å². The summed E-state index contributed by atoms with van der Waals surface area (Å²) in [4.78, 5) is 11.6. The van der Waals surface area contributed by atoms with Gasteiger partial charge in [-0.25, -0.2) is 0 Å². The Morgan fingerprint density at radius 3 is 2.42 bits per heavy atom. The van der Waals surface area contributed by atoms with Crippen LogP contribution in [0.1, 0.15) is 56.6 Å². The van der Waals surface area contributed by atoms with Crippen LogP contribution in [0.3, 0.4) is 0 Å². The first kappa shape index (κ1) is 15.6. The van der Waals surface area contributed by atoms with Crippen molar-refractivity contribution in [2.24, 2.45) is 0 Å². The zero-order valence-electron chi connectivity index (χ0n) is 11.8. The number of rotatable bonds is 9. The lowest BCUT2D eigenvalue weighted by molar-refractivity contribution is -0.114. The first-order valence-corrected chi connectivity index (χ1v) is 7.17. The molecule has 0 radical (unpaired) electrons. The maximum absolute atomic E-state index is 11.6. The van der Waals surface area contributed by atoms with E-state index in [4.69, 9.17) is 5.11 Å². The van der Waals surface area contributed by atoms with Crippen molar-refractivity contribution < 1.29 is 9.90 Å². The Morgan fingerprint density at radius 1 is 1.11 bits per heavy atom. The minimum atomic E-state index is 0.0562. The van der Waals surface area contributed by atoms with E-state index in [2.05, 4.69) is 6.92 Å². The molecule has 2 heteroatoms. The number of carbonyl (C=O) groups excluding carboxylic acids is 1. The number of hydrogen-bond donors (Lipinski definition) is 1. The fraction of sp³-hybridized carbons (Fsp3) is 0.471. The summed E-state index contributed by atoms with van der Waals surface area (Å²) in [5.41, 5.74) is 1.89. The van der Waals surface area contributed by atoms with Gasteiger partial charge in [-0.05, 0) is 23.6 Å². The van der Waals surface area contributed by atoms with Crippen molar-refractivity contribution in [1.82, 2.24) is 0 Å². The number of aliphatic hydroxyl groups is 1. The van der Waals surface area contributed by atoms with E-state index in [1.807, 2.05) is 30.3 Å². The number of benzene rings is 1. The van der Waals surface area contributed by atoms with E-state index in [-0.39, 0.29) is 12.4 Å². The molecule has 0 aliphatic heterocycles. The molecule has 104 valence electrons. The first-order chi connectivity index (χ1) is 9.26. The Kier molecular flexibility index (Phi) is 7.83. The molecule has 0 bridgehead atoms. The van der Waals surface area contributed by atoms with Crippen molar-refractivity contribution in [3.63, 3.8) is 0 Å². The van der Waals surface area contributed by atoms with Gasteiger partial charge in [0.05, 0.1) is 6.61 Å². The molecule has 0 aliphatic rings. The summed E-state index contributed by atoms with van der Waals surface area (Å²) < 4.78 is 0. The predicted molar refractivity (Wildman–Crippen MR) is 79.8 cm³/mol. The summed E-state index contributed by atoms with van der Waals surface area (Å²) in [5.74, 6) is 0.197. The molecule has 2 nitrogen and oxygen atoms in total. The Labute approximate surface area is 116 Å². The zero-order chi connectivity index (χ0) is 13.9. The van der Waals surface area contributed by atoms with Crippen molar-refractivity contribution in [3.8, 4) is 0 Å². The molecule has 0 saturated heterocycles. The van der Waals surface area contributed by atoms with Gasteiger partial charge < -0.3 is 5.11 Å². The van der Waals surface area contributed by atoms with Gasteiger partial charge in [0.15, 0.2) is 5.78 Å². The highest BCUT2D eigenvalue weighted by Crippen LogP contribution is 2.08. The standard InChI is InChI=1S/C17H24O2/c1-2-3-4-5-6-7-17(19)13-12-15-8-10-16(14-18)11-9-15/h8-13,18H,2-7,14H2,1H3. The van der Waals surface area contributed by atoms with E-state index in [0.29, 0.717) is 6.42 Å². The largest absolute Gasteiger partial charge is 0.392 e. The van der Waals surface area contributed by atoms with Crippen LogP contribution in [0.15, 0.2) is 30.3 Å². The van der Waals surface area contributed by atoms with Crippen LogP contribution in [0, 0.1) is 0 Å². The van der Waals surface area contributed by atoms with Crippen molar-refractivity contribution in [2.45, 2.75) is 52.1 Å². The molecule has 0 saturated carbocycles. The summed E-state index contributed by atoms with van der Waals surface area (Å²) >= 11 is 0. The Bertz CT molecular complexity index is 390. The van der Waals surface area contributed by atoms with Crippen LogP contribution in [0.2, 0.25) is 0 Å². The zero-order valence-corrected chi connectivity index (χ0v) is 11.8. The van der Waals surface area contributed by atoms with Crippen LogP contribution in [0.4, 0.5) is 0 Å². The number of carbonyl (C=O) groups is 1. The highest BCUT2D eigenvalue weighted by molar-refractivity contribution is 5.93. The summed E-state index contributed by atoms with van der Waals surface area (Å²) in [7, 11) is 0. The van der Waals surface area contributed by atoms with Gasteiger partial charge in [-0.3, -0.25) is 4.79 Å². The monoisotopic (exact) mass is 260 g/mol. The molecular formula is C17H24O2. The predicted octanol–water partition coefficient (Wildman–Crippen LogP) is 4.12. The SMILES string of the molecule is CCCCCCCC(=O)C=Cc1ccc(CO)cc1. The Balaban J connectivity index is 2.28. The molecule has 0 fully saturated rings. The number of unbranched alkanes of at least 4 members (excludes halogenated alkanes) is 4. The van der Waals surface area contributed by atoms with Gasteiger partial charge in [0.25, 0.3) is 0 Å². The van der Waals surface area contributed by atoms with Crippen LogP contribution in [-0.4, -0.2) is 10.9 Å². The van der Waals surface area contributed by atoms with Crippen molar-refractivity contribution in [1.29, 1.82) is 0 Å². The second-order valence-corrected chi connectivity index (χ2v) is 4.86. The summed E-state index contributed by atoms with van der Waals surface area (Å²) in [6, 6.07) is 7.57. The van der Waals surface area contributed by atoms with Crippen LogP contribution < -0.4 is 0 Å². The van der Waals surface area contributed by atoms with E-state index in [1.54, 1.807) is 6.08 Å². The molecule has 0 spiro atoms. The van der Waals surface area contributed by atoms with Crippen LogP contribution in [0.25, 0.3) is 6.08 Å². The highest BCUT2D eigenvalue weighted by Gasteiger charge is 1.97. The molecule has 0 aromatic heterocycles. The molecule has 0 heterocycles. The van der Waals surface area contributed by atoms with Gasteiger partial charge in [-0.2, -0.15) is 0 Å². The van der Waals surface area contributed by atoms with Gasteiger partial charge in [0.1, 0.15) is 0 Å². The maximum atomic E-state index is 11.6. The molecule has 0 unspecified atom stereocenters. The quantitative estimate of drug-likeness (QED) is 0.535. The molecule has 0 aliphatic carbocycles. The molecule has 1 aromatic rings. The molecule has 1 aromatic carbocycles. The lowest BCUT2D eigenvalue weighted by Gasteiger charge is -1.98. The topological polar surface area (TPSA) is 37.3 Å². The molecule has 1 rings (SSSR count). The average Bonchev–Trinajstić information content (AvgIpc) is 2.45. The van der Waals surface area contributed by atoms with Gasteiger partial charge in [0, 0.05) is 6.42 Å². The molecular weight excluding hydrogens is 236 g/mol. The van der Waals surface area contributed by atoms with Gasteiger partial charge in [-0.15, -0.1) is 0 Å². The third-order valence-electron chi connectivity index (χ3n) is 3.15. The van der Waals surface area contributed by atoms with E-state index in [1.165, 1.54) is 19.3 Å². The third kappa shape index (κ3) is 6.92. The fourth-order valence-electron chi connectivity index (χ4n) is 1.91. The van der Waals surface area contributed by atoms with Crippen LogP contribution in [0.5, 0.6) is 0 Å². The van der Waals surface area contributed by atoms with E-state index in [0.717, 1.165) is 24.0 Å². The molecule has 1 N–H and O–H groups in total. The summed E-state index contributed by atoms with van der Waals surface area (Å²) in [6.07, 6.45) is 10.0. The molecule has 0 atom stereocenters. The molecule has 0 amide bonds. The maximum Gasteiger partial charge on any atom is 0.155 e. The van der Waals surface area contributed by atoms with Gasteiger partial charge in [-0.1, -0.05) is 62.9 Å². The van der Waals surface area contributed by atoms with E-state index >= 15 is 0 Å². The van der Waals surface area contributed by atoms with E-state index in [9.17, 15) is 4.79 Å². The number of hydrogen-bond acceptors (Lipinski definition) is 2. The van der Waals surface area contributed by atoms with Gasteiger partial charge in [0.2, 0.25) is 0 Å². The normalized spacial score (nSPS) is 11.1. The summed E-state index contributed by atoms with van der Waals surface area (Å²) in [5, 5.41) is 8.93. The van der Waals surface area contributed by atoms with E-state index < -0.39 is 0 Å². The van der Waals surface area contributed by atoms with Crippen molar-refractivity contribution >= 4 is 11.9 Å². The van der Waals surface area contributed by atoms with Crippen molar-refractivity contribution in [3.05, 3.63) is 41.5 Å². The average molecular weight is 260 g/mol. The highest BCUT2D eigenvalue weighted by atomic mass is 16.3. The lowest BCUT2D eigenvalue weighted by atomic mass is 10.1. The Morgan fingerprint density at radius 2 is 1.79 bits per heavy atom.